The lowest BCUT2D eigenvalue weighted by atomic mass is 9.89. The molecule has 11 N–H and O–H groups in total. The van der Waals surface area contributed by atoms with Crippen LogP contribution in [0.1, 0.15) is 11.7 Å². The Kier molecular flexibility index (Phi) is 8.52. The predicted octanol–water partition coefficient (Wildman–Crippen LogP) is -2.38. The molecule has 234 valence electrons. The van der Waals surface area contributed by atoms with E-state index in [1.807, 2.05) is 0 Å². The van der Waals surface area contributed by atoms with Gasteiger partial charge in [0.25, 0.3) is 0 Å². The van der Waals surface area contributed by atoms with Crippen molar-refractivity contribution in [1.82, 2.24) is 0 Å². The van der Waals surface area contributed by atoms with E-state index in [4.69, 9.17) is 18.6 Å². The Morgan fingerprint density at radius 2 is 1.35 bits per heavy atom. The van der Waals surface area contributed by atoms with E-state index in [9.17, 15) is 61.0 Å². The zero-order chi connectivity index (χ0) is 31.3. The maximum absolute atomic E-state index is 13.2. The number of phenolic OH excluding ortho intramolecular Hbond substituents is 4. The quantitative estimate of drug-likeness (QED) is 0.130. The van der Waals surface area contributed by atoms with Gasteiger partial charge < -0.3 is 74.8 Å². The highest BCUT2D eigenvalue weighted by Gasteiger charge is 2.52. The molecule has 2 fully saturated rings. The van der Waals surface area contributed by atoms with Crippen LogP contribution in [0.5, 0.6) is 23.0 Å². The molecule has 0 amide bonds. The van der Waals surface area contributed by atoms with Gasteiger partial charge in [0, 0.05) is 17.7 Å². The van der Waals surface area contributed by atoms with Crippen molar-refractivity contribution in [3.05, 3.63) is 46.1 Å². The van der Waals surface area contributed by atoms with Crippen LogP contribution in [0.25, 0.3) is 22.3 Å². The molecule has 16 nitrogen and oxygen atoms in total. The van der Waals surface area contributed by atoms with Crippen molar-refractivity contribution < 1.29 is 74.8 Å². The summed E-state index contributed by atoms with van der Waals surface area (Å²) in [6, 6.07) is 5.24. The van der Waals surface area contributed by atoms with Gasteiger partial charge in [-0.15, -0.1) is 0 Å². The average molecular weight is 611 g/mol. The molecule has 0 saturated carbocycles. The Labute approximate surface area is 241 Å². The van der Waals surface area contributed by atoms with E-state index in [2.05, 4.69) is 0 Å². The minimum atomic E-state index is -1.95. The number of aliphatic hydroxyl groups is 7. The summed E-state index contributed by atoms with van der Waals surface area (Å²) >= 11 is 0. The predicted molar refractivity (Wildman–Crippen MR) is 140 cm³/mol. The first kappa shape index (κ1) is 30.9. The van der Waals surface area contributed by atoms with Gasteiger partial charge in [0.2, 0.25) is 0 Å². The zero-order valence-corrected chi connectivity index (χ0v) is 22.0. The number of hydrogen-bond donors (Lipinski definition) is 11. The SMILES string of the molecule is O=c1cc(-c2ccc(O)c(O)c2)oc2c([C@@H]3O[C@H](CO)[C@@H](O)[C@H](O)[C@H]3O[C@H]3O[C@@H](CO)[C@@H](O)[C@@H](O)[C@@H]3O)c(O)cc(O)c12. The van der Waals surface area contributed by atoms with Crippen molar-refractivity contribution >= 4 is 11.0 Å². The molecular weight excluding hydrogens is 580 g/mol. The van der Waals surface area contributed by atoms with Crippen LogP contribution >= 0.6 is 0 Å². The van der Waals surface area contributed by atoms with Crippen molar-refractivity contribution in [1.29, 1.82) is 0 Å². The number of aromatic hydroxyl groups is 4. The van der Waals surface area contributed by atoms with Crippen molar-refractivity contribution in [3.63, 3.8) is 0 Å². The molecule has 2 saturated heterocycles. The van der Waals surface area contributed by atoms with Gasteiger partial charge in [-0.3, -0.25) is 4.79 Å². The third-order valence-corrected chi connectivity index (χ3v) is 7.55. The summed E-state index contributed by atoms with van der Waals surface area (Å²) < 4.78 is 22.7. The van der Waals surface area contributed by atoms with E-state index < -0.39 is 119 Å². The van der Waals surface area contributed by atoms with Gasteiger partial charge in [-0.25, -0.2) is 0 Å². The standard InChI is InChI=1S/C27H30O16/c28-6-15-20(36)22(38)26(43-27-23(39)21(37)19(35)16(7-29)42-27)25(41-15)18-12(33)4-11(32)17-13(34)5-14(40-24(17)18)8-1-2-9(30)10(31)3-8/h1-5,15-16,19-23,25-33,35-39H,6-7H2/t15-,16+,19-,20-,21-,22+,23+,25+,26-,27-/m1/s1. The maximum Gasteiger partial charge on any atom is 0.197 e. The van der Waals surface area contributed by atoms with E-state index in [1.54, 1.807) is 0 Å². The number of fused-ring (bicyclic) bond motifs is 1. The van der Waals surface area contributed by atoms with Crippen LogP contribution in [0.3, 0.4) is 0 Å². The first-order chi connectivity index (χ1) is 20.4. The molecule has 2 aliphatic heterocycles. The topological polar surface area (TPSA) is 280 Å². The van der Waals surface area contributed by atoms with Crippen LogP contribution in [0.15, 0.2) is 39.5 Å². The van der Waals surface area contributed by atoms with Gasteiger partial charge in [-0.2, -0.15) is 0 Å². The number of rotatable bonds is 6. The molecule has 3 aromatic rings. The molecule has 0 aliphatic carbocycles. The summed E-state index contributed by atoms with van der Waals surface area (Å²) in [6.07, 6.45) is -17.7. The van der Waals surface area contributed by atoms with Gasteiger partial charge >= 0.3 is 0 Å². The molecule has 0 bridgehead atoms. The highest BCUT2D eigenvalue weighted by molar-refractivity contribution is 5.89. The van der Waals surface area contributed by atoms with Crippen LogP contribution in [0.4, 0.5) is 0 Å². The van der Waals surface area contributed by atoms with Crippen molar-refractivity contribution in [2.75, 3.05) is 13.2 Å². The Morgan fingerprint density at radius 1 is 0.698 bits per heavy atom. The van der Waals surface area contributed by atoms with Crippen LogP contribution in [0, 0.1) is 0 Å². The fourth-order valence-corrected chi connectivity index (χ4v) is 5.22. The third kappa shape index (κ3) is 5.38. The minimum Gasteiger partial charge on any atom is -0.507 e. The molecular formula is C27H30O16. The summed E-state index contributed by atoms with van der Waals surface area (Å²) in [6.45, 7) is -1.66. The number of aliphatic hydroxyl groups excluding tert-OH is 7. The summed E-state index contributed by atoms with van der Waals surface area (Å²) in [5, 5.41) is 113. The molecule has 0 radical (unpaired) electrons. The molecule has 0 spiro atoms. The van der Waals surface area contributed by atoms with E-state index in [0.29, 0.717) is 0 Å². The van der Waals surface area contributed by atoms with Crippen molar-refractivity contribution in [2.24, 2.45) is 0 Å². The van der Waals surface area contributed by atoms with Gasteiger partial charge in [-0.05, 0) is 18.2 Å². The van der Waals surface area contributed by atoms with E-state index >= 15 is 0 Å². The molecule has 3 heterocycles. The smallest absolute Gasteiger partial charge is 0.197 e. The second-order valence-electron chi connectivity index (χ2n) is 10.3. The fourth-order valence-electron chi connectivity index (χ4n) is 5.22. The average Bonchev–Trinajstić information content (AvgIpc) is 2.97. The van der Waals surface area contributed by atoms with Crippen LogP contribution in [-0.2, 0) is 14.2 Å². The number of phenols is 4. The lowest BCUT2D eigenvalue weighted by Gasteiger charge is -2.46. The highest BCUT2D eigenvalue weighted by Crippen LogP contribution is 2.45. The highest BCUT2D eigenvalue weighted by atomic mass is 16.7. The molecule has 5 rings (SSSR count). The monoisotopic (exact) mass is 610 g/mol. The number of ether oxygens (including phenoxy) is 3. The largest absolute Gasteiger partial charge is 0.507 e. The van der Waals surface area contributed by atoms with Crippen molar-refractivity contribution in [3.8, 4) is 34.3 Å². The Balaban J connectivity index is 1.67. The molecule has 10 atom stereocenters. The number of hydrogen-bond acceptors (Lipinski definition) is 16. The summed E-state index contributed by atoms with van der Waals surface area (Å²) in [4.78, 5) is 13.2. The molecule has 16 heteroatoms. The molecule has 2 aliphatic rings. The lowest BCUT2D eigenvalue weighted by molar-refractivity contribution is -0.342. The molecule has 2 aromatic carbocycles. The second kappa shape index (κ2) is 11.9. The number of benzene rings is 2. The minimum absolute atomic E-state index is 0.0884. The molecule has 1 aromatic heterocycles. The summed E-state index contributed by atoms with van der Waals surface area (Å²) in [5.74, 6) is -2.70. The Morgan fingerprint density at radius 3 is 2.00 bits per heavy atom. The van der Waals surface area contributed by atoms with Crippen LogP contribution in [0.2, 0.25) is 0 Å². The third-order valence-electron chi connectivity index (χ3n) is 7.55. The van der Waals surface area contributed by atoms with Gasteiger partial charge in [0.1, 0.15) is 77.6 Å². The van der Waals surface area contributed by atoms with E-state index in [0.717, 1.165) is 24.3 Å². The van der Waals surface area contributed by atoms with Crippen LogP contribution < -0.4 is 5.43 Å². The molecule has 0 unspecified atom stereocenters. The second-order valence-corrected chi connectivity index (χ2v) is 10.3. The normalized spacial score (nSPS) is 33.1. The van der Waals surface area contributed by atoms with E-state index in [-0.39, 0.29) is 11.3 Å². The maximum atomic E-state index is 13.2. The Bertz CT molecular complexity index is 1540. The van der Waals surface area contributed by atoms with Gasteiger partial charge in [-0.1, -0.05) is 0 Å². The van der Waals surface area contributed by atoms with Gasteiger partial charge in [0.05, 0.1) is 18.8 Å². The molecule has 43 heavy (non-hydrogen) atoms. The summed E-state index contributed by atoms with van der Waals surface area (Å²) in [7, 11) is 0. The van der Waals surface area contributed by atoms with Crippen LogP contribution in [-0.4, -0.2) is 125 Å². The Hall–Kier alpha value is -3.55. The lowest BCUT2D eigenvalue weighted by Crippen LogP contribution is -2.62. The first-order valence-corrected chi connectivity index (χ1v) is 13.0. The fraction of sp³-hybridized carbons (Fsp3) is 0.444. The summed E-state index contributed by atoms with van der Waals surface area (Å²) in [5.41, 5.74) is -1.66. The van der Waals surface area contributed by atoms with E-state index in [1.165, 1.54) is 6.07 Å². The zero-order valence-electron chi connectivity index (χ0n) is 22.0. The van der Waals surface area contributed by atoms with Crippen molar-refractivity contribution in [2.45, 2.75) is 61.2 Å². The van der Waals surface area contributed by atoms with Gasteiger partial charge in [0.15, 0.2) is 28.8 Å². The first-order valence-electron chi connectivity index (χ1n) is 13.0.